The van der Waals surface area contributed by atoms with E-state index in [1.54, 1.807) is 92.9 Å². The summed E-state index contributed by atoms with van der Waals surface area (Å²) in [5.41, 5.74) is 10.6. The Bertz CT molecular complexity index is 6020. The highest BCUT2D eigenvalue weighted by Gasteiger charge is 2.41. The first kappa shape index (κ1) is 73.5. The number of fused-ring (bicyclic) bond motifs is 8. The Hall–Kier alpha value is -14.2. The largest absolute Gasteiger partial charge is 0.453 e. The fourth-order valence-electron chi connectivity index (χ4n) is 19.0. The van der Waals surface area contributed by atoms with Gasteiger partial charge in [0, 0.05) is 272 Å². The summed E-state index contributed by atoms with van der Waals surface area (Å²) in [5, 5.41) is 0. The van der Waals surface area contributed by atoms with Crippen LogP contribution in [-0.2, 0) is 82.6 Å². The smallest absolute Gasteiger partial charge is 0.328 e. The maximum atomic E-state index is 14.3. The minimum atomic E-state index is -0.535. The van der Waals surface area contributed by atoms with Crippen molar-refractivity contribution in [3.8, 4) is 92.0 Å². The molecule has 21 rings (SSSR count). The van der Waals surface area contributed by atoms with Crippen molar-refractivity contribution in [1.82, 2.24) is 36.5 Å². The highest BCUT2D eigenvalue weighted by molar-refractivity contribution is 5.85. The predicted molar refractivity (Wildman–Crippen MR) is 450 cm³/mol. The van der Waals surface area contributed by atoms with Crippen molar-refractivity contribution in [3.05, 3.63) is 306 Å². The molecule has 0 fully saturated rings. The van der Waals surface area contributed by atoms with E-state index in [1.807, 2.05) is 97.1 Å². The van der Waals surface area contributed by atoms with Gasteiger partial charge in [-0.2, -0.15) is 0 Å². The Labute approximate surface area is 688 Å². The van der Waals surface area contributed by atoms with Crippen LogP contribution in [0.1, 0.15) is 120 Å². The average Bonchev–Trinajstić information content (AvgIpc) is 1.45. The van der Waals surface area contributed by atoms with Gasteiger partial charge in [-0.15, -0.1) is 0 Å². The van der Waals surface area contributed by atoms with Crippen molar-refractivity contribution >= 4 is 44.1 Å². The molecule has 24 heteroatoms. The monoisotopic (exact) mass is 1600 g/mol. The average molecular weight is 1600 g/mol. The molecule has 16 aromatic rings. The van der Waals surface area contributed by atoms with Gasteiger partial charge >= 0.3 is 22.8 Å². The summed E-state index contributed by atoms with van der Waals surface area (Å²) in [4.78, 5) is 57.1. The summed E-state index contributed by atoms with van der Waals surface area (Å²) in [6, 6.07) is 57.0. The number of aryl methyl sites for hydroxylation is 12. The van der Waals surface area contributed by atoms with Crippen molar-refractivity contribution in [2.75, 3.05) is 0 Å². The zero-order valence-corrected chi connectivity index (χ0v) is 67.8. The number of benzene rings is 8. The molecule has 8 aromatic carbocycles. The molecule has 12 heterocycles. The number of hydrogen-bond acceptors (Lipinski definition) is 12. The molecular formula is C96H88N12O12+4. The third kappa shape index (κ3) is 12.4. The van der Waals surface area contributed by atoms with Gasteiger partial charge in [-0.25, -0.2) is 37.4 Å². The van der Waals surface area contributed by atoms with Crippen LogP contribution in [0.5, 0.6) is 92.0 Å². The molecule has 0 spiro atoms. The second kappa shape index (κ2) is 28.9. The maximum absolute atomic E-state index is 14.3. The van der Waals surface area contributed by atoms with E-state index in [0.717, 1.165) is 44.5 Å². The van der Waals surface area contributed by atoms with Gasteiger partial charge in [0.1, 0.15) is 72.2 Å². The molecule has 600 valence electrons. The second-order valence-corrected chi connectivity index (χ2v) is 32.5. The molecule has 120 heavy (non-hydrogen) atoms. The van der Waals surface area contributed by atoms with Crippen molar-refractivity contribution in [2.24, 2.45) is 56.4 Å². The third-order valence-electron chi connectivity index (χ3n) is 25.4. The Morgan fingerprint density at radius 1 is 0.208 bits per heavy atom. The van der Waals surface area contributed by atoms with E-state index < -0.39 is 23.7 Å². The van der Waals surface area contributed by atoms with Crippen LogP contribution in [0.15, 0.2) is 239 Å². The number of rotatable bonds is 16. The fraction of sp³-hybridized carbons (Fsp3) is 0.250. The van der Waals surface area contributed by atoms with Crippen LogP contribution >= 0.6 is 0 Å². The molecule has 24 nitrogen and oxygen atoms in total. The molecule has 0 unspecified atom stereocenters. The molecule has 0 atom stereocenters. The highest BCUT2D eigenvalue weighted by atomic mass is 16.5. The predicted octanol–water partition coefficient (Wildman–Crippen LogP) is 16.0. The van der Waals surface area contributed by atoms with E-state index in [0.29, 0.717) is 214 Å². The van der Waals surface area contributed by atoms with Gasteiger partial charge in [0.2, 0.25) is 0 Å². The Morgan fingerprint density at radius 2 is 0.358 bits per heavy atom. The fourth-order valence-corrected chi connectivity index (χ4v) is 19.0. The molecule has 1 aliphatic carbocycles. The molecular weight excluding hydrogens is 1510 g/mol. The molecule has 0 amide bonds. The quantitative estimate of drug-likeness (QED) is 0.0831. The zero-order chi connectivity index (χ0) is 81.6. The van der Waals surface area contributed by atoms with E-state index >= 15 is 0 Å². The van der Waals surface area contributed by atoms with E-state index in [1.165, 1.54) is 0 Å². The van der Waals surface area contributed by atoms with Gasteiger partial charge in [-0.1, -0.05) is 24.3 Å². The van der Waals surface area contributed by atoms with E-state index in [9.17, 15) is 19.2 Å². The minimum Gasteiger partial charge on any atom is -0.453 e. The van der Waals surface area contributed by atoms with Crippen molar-refractivity contribution in [3.63, 3.8) is 0 Å². The lowest BCUT2D eigenvalue weighted by Crippen LogP contribution is -2.32. The summed E-state index contributed by atoms with van der Waals surface area (Å²) in [7, 11) is 14.1. The van der Waals surface area contributed by atoms with E-state index in [2.05, 4.69) is 141 Å². The summed E-state index contributed by atoms with van der Waals surface area (Å²) >= 11 is 0. The standard InChI is InChI=1S/C96H88N12O12/c1-97-69-45-85-86(46-70(69)98(2)93(97)109)114-78-54-80-64-42-62(78)57(25-21-37-105-29-13-9-14-30-105)61-41-63-58(26-22-38-106-31-15-10-16-32-106)65-43-67-60(28-24-40-108-35-19-12-20-36-108)68-44-66(59(64)27-23-39-107-33-17-11-18-34-107)82(118-90-50-74-73(49-89(90)116-80)101(5)95(111)102(74)6)56-84(68)120-92-52-76-75(103(7)96(112)104(76)8)51-91(92)119-83(67)55-81(65)117-88-48-72-71(99(3)94(110)100(72)4)47-87(88)115-79(63)53-77(61)113-85/h9-20,29-36,41-60H,21-28,37-40H2,1-8H3/q+4. The van der Waals surface area contributed by atoms with Crippen molar-refractivity contribution in [1.29, 1.82) is 0 Å². The lowest BCUT2D eigenvalue weighted by Gasteiger charge is -2.30. The molecule has 0 N–H and O–H groups in total. The van der Waals surface area contributed by atoms with Crippen LogP contribution in [0.4, 0.5) is 0 Å². The van der Waals surface area contributed by atoms with Gasteiger partial charge in [0.05, 0.1) is 44.1 Å². The van der Waals surface area contributed by atoms with Crippen molar-refractivity contribution in [2.45, 2.75) is 101 Å². The molecule has 8 bridgehead atoms. The SMILES string of the molecule is Cn1c(=O)n(C)c2cc3c(cc21)Oc1cc2c4cc1C(CCC[n+]1ccccc1)c1cc5c(cc1O3)Oc1cc3c(cc1Oc1cc6c(cc1C5CCC[n+]1ccccc1)C(CCC[n+]1ccccc1)c1cc(c(cc1Oc1cc5c(cc1O6)n(C)c(=O)n5C)Oc1cc5c(cc1O2)n(C)c(=O)n5C)C4CCC[n+]1ccccc1)n(C)c(=O)n3C. The van der Waals surface area contributed by atoms with Crippen LogP contribution in [0.2, 0.25) is 0 Å². The Morgan fingerprint density at radius 3 is 0.508 bits per heavy atom. The van der Waals surface area contributed by atoms with Gasteiger partial charge < -0.3 is 37.9 Å². The zero-order valence-electron chi connectivity index (χ0n) is 67.8. The minimum absolute atomic E-state index is 0.234. The van der Waals surface area contributed by atoms with Crippen LogP contribution in [0.25, 0.3) is 44.1 Å². The molecule has 5 aliphatic rings. The first-order valence-corrected chi connectivity index (χ1v) is 41.1. The lowest BCUT2D eigenvalue weighted by molar-refractivity contribution is -0.697. The second-order valence-electron chi connectivity index (χ2n) is 32.5. The molecule has 4 aliphatic heterocycles. The summed E-state index contributed by atoms with van der Waals surface area (Å²) in [5.74, 6) is 4.27. The van der Waals surface area contributed by atoms with Crippen LogP contribution in [0.3, 0.4) is 0 Å². The summed E-state index contributed by atoms with van der Waals surface area (Å²) in [6.45, 7) is 2.63. The number of hydrogen-bond donors (Lipinski definition) is 0. The van der Waals surface area contributed by atoms with Gasteiger partial charge in [-0.05, 0) is 49.9 Å². The number of pyridine rings is 4. The first-order valence-electron chi connectivity index (χ1n) is 41.1. The molecule has 8 aromatic heterocycles. The van der Waals surface area contributed by atoms with E-state index in [-0.39, 0.29) is 22.8 Å². The maximum Gasteiger partial charge on any atom is 0.328 e. The Balaban J connectivity index is 0.934. The van der Waals surface area contributed by atoms with Crippen LogP contribution in [-0.4, -0.2) is 36.5 Å². The first-order chi connectivity index (χ1) is 58.4. The lowest BCUT2D eigenvalue weighted by atomic mass is 9.76. The van der Waals surface area contributed by atoms with Crippen LogP contribution < -0.4 is 78.9 Å². The molecule has 0 saturated heterocycles. The Kier molecular flexibility index (Phi) is 17.7. The number of ether oxygens (including phenoxy) is 8. The normalized spacial score (nSPS) is 15.7. The molecule has 0 radical (unpaired) electrons. The van der Waals surface area contributed by atoms with Gasteiger partial charge in [0.25, 0.3) is 0 Å². The van der Waals surface area contributed by atoms with E-state index in [4.69, 9.17) is 37.9 Å². The van der Waals surface area contributed by atoms with Crippen molar-refractivity contribution < 1.29 is 56.2 Å². The topological polar surface area (TPSA) is 197 Å². The van der Waals surface area contributed by atoms with Crippen LogP contribution in [0, 0.1) is 0 Å². The number of nitrogens with zero attached hydrogens (tertiary/aromatic N) is 12. The number of aromatic nitrogens is 12. The summed E-state index contributed by atoms with van der Waals surface area (Å²) in [6.07, 6.45) is 21.7. The highest BCUT2D eigenvalue weighted by Crippen LogP contribution is 2.60. The number of imidazole rings is 4. The summed E-state index contributed by atoms with van der Waals surface area (Å²) < 4.78 is 83.9. The van der Waals surface area contributed by atoms with Gasteiger partial charge in [-0.3, -0.25) is 36.5 Å². The van der Waals surface area contributed by atoms with Gasteiger partial charge in [0.15, 0.2) is 95.6 Å². The molecule has 0 saturated carbocycles. The third-order valence-corrected chi connectivity index (χ3v) is 25.4.